The van der Waals surface area contributed by atoms with Crippen LogP contribution in [0.15, 0.2) is 42.5 Å². The molecular weight excluding hydrogens is 316 g/mol. The lowest BCUT2D eigenvalue weighted by atomic mass is 10.2. The molecule has 0 atom stereocenters. The third kappa shape index (κ3) is 5.38. The van der Waals surface area contributed by atoms with Gasteiger partial charge in [0.25, 0.3) is 0 Å². The second kappa shape index (κ2) is 8.29. The third-order valence-corrected chi connectivity index (χ3v) is 3.35. The molecule has 0 saturated heterocycles. The molecule has 0 spiro atoms. The van der Waals surface area contributed by atoms with Crippen molar-refractivity contribution in [2.75, 3.05) is 25.6 Å². The Bertz CT molecular complexity index is 677. The summed E-state index contributed by atoms with van der Waals surface area (Å²) in [6.07, 6.45) is 0. The van der Waals surface area contributed by atoms with E-state index >= 15 is 0 Å². The van der Waals surface area contributed by atoms with E-state index in [1.54, 1.807) is 18.2 Å². The van der Waals surface area contributed by atoms with Crippen LogP contribution in [0.1, 0.15) is 5.56 Å². The Morgan fingerprint density at radius 1 is 1.22 bits per heavy atom. The molecule has 0 aliphatic heterocycles. The highest BCUT2D eigenvalue weighted by Gasteiger charge is 2.05. The van der Waals surface area contributed by atoms with Crippen molar-refractivity contribution in [1.29, 1.82) is 0 Å². The predicted octanol–water partition coefficient (Wildman–Crippen LogP) is 3.86. The molecule has 2 aromatic carbocycles. The quantitative estimate of drug-likeness (QED) is 0.789. The minimum Gasteiger partial charge on any atom is -0.495 e. The fourth-order valence-electron chi connectivity index (χ4n) is 1.96. The first-order chi connectivity index (χ1) is 11.1. The minimum absolute atomic E-state index is 0.320. The van der Waals surface area contributed by atoms with E-state index in [1.807, 2.05) is 31.2 Å². The van der Waals surface area contributed by atoms with E-state index in [1.165, 1.54) is 7.11 Å². The van der Waals surface area contributed by atoms with Gasteiger partial charge in [-0.1, -0.05) is 23.7 Å². The predicted molar refractivity (Wildman–Crippen MR) is 91.7 cm³/mol. The first-order valence-corrected chi connectivity index (χ1v) is 7.54. The van der Waals surface area contributed by atoms with E-state index in [2.05, 4.69) is 10.6 Å². The van der Waals surface area contributed by atoms with E-state index < -0.39 is 0 Å². The van der Waals surface area contributed by atoms with Crippen molar-refractivity contribution in [2.24, 2.45) is 0 Å². The van der Waals surface area contributed by atoms with Crippen LogP contribution in [0.3, 0.4) is 0 Å². The number of urea groups is 1. The standard InChI is InChI=1S/C17H19ClN2O3/c1-12-4-3-5-14(10-12)23-9-8-19-17(21)20-13-6-7-16(22-2)15(18)11-13/h3-7,10-11H,8-9H2,1-2H3,(H2,19,20,21). The van der Waals surface area contributed by atoms with E-state index in [4.69, 9.17) is 21.1 Å². The van der Waals surface area contributed by atoms with Gasteiger partial charge in [0.05, 0.1) is 18.7 Å². The van der Waals surface area contributed by atoms with Crippen LogP contribution in [-0.4, -0.2) is 26.3 Å². The molecule has 5 nitrogen and oxygen atoms in total. The molecule has 2 aromatic rings. The van der Waals surface area contributed by atoms with Crippen molar-refractivity contribution >= 4 is 23.3 Å². The number of carbonyl (C=O) groups is 1. The zero-order valence-electron chi connectivity index (χ0n) is 13.1. The summed E-state index contributed by atoms with van der Waals surface area (Å²) in [7, 11) is 1.54. The number of ether oxygens (including phenoxy) is 2. The number of amides is 2. The highest BCUT2D eigenvalue weighted by atomic mass is 35.5. The number of anilines is 1. The average Bonchev–Trinajstić information content (AvgIpc) is 2.52. The molecule has 0 heterocycles. The van der Waals surface area contributed by atoms with Gasteiger partial charge < -0.3 is 20.1 Å². The van der Waals surface area contributed by atoms with Crippen LogP contribution in [0.5, 0.6) is 11.5 Å². The van der Waals surface area contributed by atoms with Gasteiger partial charge in [0, 0.05) is 5.69 Å². The van der Waals surface area contributed by atoms with E-state index in [-0.39, 0.29) is 6.03 Å². The molecular formula is C17H19ClN2O3. The maximum atomic E-state index is 11.8. The SMILES string of the molecule is COc1ccc(NC(=O)NCCOc2cccc(C)c2)cc1Cl. The number of methoxy groups -OCH3 is 1. The molecule has 0 radical (unpaired) electrons. The summed E-state index contributed by atoms with van der Waals surface area (Å²) >= 11 is 6.00. The molecule has 23 heavy (non-hydrogen) atoms. The zero-order chi connectivity index (χ0) is 16.7. The number of rotatable bonds is 6. The van der Waals surface area contributed by atoms with Crippen molar-refractivity contribution in [3.8, 4) is 11.5 Å². The van der Waals surface area contributed by atoms with Crippen molar-refractivity contribution in [1.82, 2.24) is 5.32 Å². The van der Waals surface area contributed by atoms with Crippen LogP contribution < -0.4 is 20.1 Å². The molecule has 0 aliphatic rings. The Labute approximate surface area is 140 Å². The summed E-state index contributed by atoms with van der Waals surface area (Å²) in [6.45, 7) is 2.78. The number of hydrogen-bond donors (Lipinski definition) is 2. The second-order valence-electron chi connectivity index (χ2n) is 4.90. The fraction of sp³-hybridized carbons (Fsp3) is 0.235. The van der Waals surface area contributed by atoms with Gasteiger partial charge in [-0.15, -0.1) is 0 Å². The lowest BCUT2D eigenvalue weighted by Gasteiger charge is -2.10. The molecule has 0 aliphatic carbocycles. The van der Waals surface area contributed by atoms with Gasteiger partial charge in [-0.25, -0.2) is 4.79 Å². The van der Waals surface area contributed by atoms with Crippen LogP contribution >= 0.6 is 11.6 Å². The molecule has 122 valence electrons. The Hall–Kier alpha value is -2.40. The van der Waals surface area contributed by atoms with Crippen LogP contribution in [0.2, 0.25) is 5.02 Å². The van der Waals surface area contributed by atoms with Gasteiger partial charge in [-0.2, -0.15) is 0 Å². The van der Waals surface area contributed by atoms with Crippen LogP contribution in [0, 0.1) is 6.92 Å². The Morgan fingerprint density at radius 2 is 2.04 bits per heavy atom. The lowest BCUT2D eigenvalue weighted by Crippen LogP contribution is -2.32. The van der Waals surface area contributed by atoms with Crippen LogP contribution in [0.4, 0.5) is 10.5 Å². The summed E-state index contributed by atoms with van der Waals surface area (Å²) in [4.78, 5) is 11.8. The van der Waals surface area contributed by atoms with Gasteiger partial charge in [0.1, 0.15) is 18.1 Å². The number of aryl methyl sites for hydroxylation is 1. The van der Waals surface area contributed by atoms with Crippen molar-refractivity contribution in [3.05, 3.63) is 53.1 Å². The van der Waals surface area contributed by atoms with Crippen LogP contribution in [-0.2, 0) is 0 Å². The molecule has 0 bridgehead atoms. The lowest BCUT2D eigenvalue weighted by molar-refractivity contribution is 0.247. The van der Waals surface area contributed by atoms with Crippen molar-refractivity contribution < 1.29 is 14.3 Å². The maximum absolute atomic E-state index is 11.8. The molecule has 0 aromatic heterocycles. The fourth-order valence-corrected chi connectivity index (χ4v) is 2.22. The maximum Gasteiger partial charge on any atom is 0.319 e. The first kappa shape index (κ1) is 17.0. The highest BCUT2D eigenvalue weighted by molar-refractivity contribution is 6.32. The summed E-state index contributed by atoms with van der Waals surface area (Å²) < 4.78 is 10.6. The number of nitrogens with one attached hydrogen (secondary N) is 2. The number of carbonyl (C=O) groups excluding carboxylic acids is 1. The van der Waals surface area contributed by atoms with E-state index in [0.29, 0.717) is 29.6 Å². The van der Waals surface area contributed by atoms with Gasteiger partial charge in [-0.05, 0) is 42.8 Å². The monoisotopic (exact) mass is 334 g/mol. The number of halogens is 1. The first-order valence-electron chi connectivity index (χ1n) is 7.16. The topological polar surface area (TPSA) is 59.6 Å². The minimum atomic E-state index is -0.320. The zero-order valence-corrected chi connectivity index (χ0v) is 13.8. The summed E-state index contributed by atoms with van der Waals surface area (Å²) in [5.41, 5.74) is 1.72. The number of hydrogen-bond acceptors (Lipinski definition) is 3. The Morgan fingerprint density at radius 3 is 2.74 bits per heavy atom. The highest BCUT2D eigenvalue weighted by Crippen LogP contribution is 2.27. The van der Waals surface area contributed by atoms with Crippen LogP contribution in [0.25, 0.3) is 0 Å². The summed E-state index contributed by atoms with van der Waals surface area (Å²) in [5, 5.41) is 5.85. The summed E-state index contributed by atoms with van der Waals surface area (Å²) in [5.74, 6) is 1.35. The van der Waals surface area contributed by atoms with E-state index in [0.717, 1.165) is 11.3 Å². The third-order valence-electron chi connectivity index (χ3n) is 3.06. The van der Waals surface area contributed by atoms with Gasteiger partial charge in [0.2, 0.25) is 0 Å². The number of benzene rings is 2. The van der Waals surface area contributed by atoms with Gasteiger partial charge >= 0.3 is 6.03 Å². The molecule has 0 saturated carbocycles. The Balaban J connectivity index is 1.74. The molecule has 2 rings (SSSR count). The molecule has 6 heteroatoms. The summed E-state index contributed by atoms with van der Waals surface area (Å²) in [6, 6.07) is 12.5. The van der Waals surface area contributed by atoms with Gasteiger partial charge in [0.15, 0.2) is 0 Å². The largest absolute Gasteiger partial charge is 0.495 e. The van der Waals surface area contributed by atoms with Crippen molar-refractivity contribution in [3.63, 3.8) is 0 Å². The van der Waals surface area contributed by atoms with Crippen molar-refractivity contribution in [2.45, 2.75) is 6.92 Å². The molecule has 2 amide bonds. The van der Waals surface area contributed by atoms with E-state index in [9.17, 15) is 4.79 Å². The molecule has 0 fully saturated rings. The Kier molecular flexibility index (Phi) is 6.11. The molecule has 0 unspecified atom stereocenters. The average molecular weight is 335 g/mol. The normalized spacial score (nSPS) is 10.0. The smallest absolute Gasteiger partial charge is 0.319 e. The van der Waals surface area contributed by atoms with Gasteiger partial charge in [-0.3, -0.25) is 0 Å². The second-order valence-corrected chi connectivity index (χ2v) is 5.30. The molecule has 2 N–H and O–H groups in total.